The number of ether oxygens (including phenoxy) is 2. The summed E-state index contributed by atoms with van der Waals surface area (Å²) < 4.78 is 11.7. The summed E-state index contributed by atoms with van der Waals surface area (Å²) in [7, 11) is 2.99. The van der Waals surface area contributed by atoms with Crippen LogP contribution in [0.3, 0.4) is 0 Å². The van der Waals surface area contributed by atoms with Gasteiger partial charge in [0.25, 0.3) is 5.56 Å². The van der Waals surface area contributed by atoms with E-state index in [2.05, 4.69) is 10.4 Å². The zero-order valence-electron chi connectivity index (χ0n) is 13.9. The molecule has 0 unspecified atom stereocenters. The van der Waals surface area contributed by atoms with Crippen LogP contribution < -0.4 is 20.3 Å². The van der Waals surface area contributed by atoms with Gasteiger partial charge in [0, 0.05) is 11.4 Å². The molecule has 0 radical (unpaired) electrons. The number of amides is 1. The van der Waals surface area contributed by atoms with Crippen LogP contribution in [-0.2, 0) is 11.3 Å². The fraction of sp³-hybridized carbons (Fsp3) is 0.471. The predicted octanol–water partition coefficient (Wildman–Crippen LogP) is 1.47. The second-order valence-corrected chi connectivity index (χ2v) is 5.92. The van der Waals surface area contributed by atoms with E-state index in [1.54, 1.807) is 18.3 Å². The van der Waals surface area contributed by atoms with E-state index in [1.165, 1.54) is 14.2 Å². The van der Waals surface area contributed by atoms with Gasteiger partial charge in [0.1, 0.15) is 6.54 Å². The minimum Gasteiger partial charge on any atom is -0.493 e. The van der Waals surface area contributed by atoms with Crippen LogP contribution in [-0.4, -0.2) is 35.9 Å². The van der Waals surface area contributed by atoms with Crippen LogP contribution in [0.1, 0.15) is 25.7 Å². The van der Waals surface area contributed by atoms with Crippen molar-refractivity contribution in [2.45, 2.75) is 38.3 Å². The summed E-state index contributed by atoms with van der Waals surface area (Å²) in [6.07, 6.45) is 5.82. The number of carbonyl (C=O) groups is 1. The van der Waals surface area contributed by atoms with Crippen LogP contribution in [0, 0.1) is 0 Å². The highest BCUT2D eigenvalue weighted by atomic mass is 16.5. The molecule has 0 aliphatic heterocycles. The van der Waals surface area contributed by atoms with Gasteiger partial charge < -0.3 is 14.8 Å². The number of methoxy groups -OCH3 is 2. The fourth-order valence-corrected chi connectivity index (χ4v) is 3.18. The molecule has 7 nitrogen and oxygen atoms in total. The first-order valence-electron chi connectivity index (χ1n) is 8.04. The first kappa shape index (κ1) is 16.3. The Labute approximate surface area is 139 Å². The lowest BCUT2D eigenvalue weighted by Gasteiger charge is -2.14. The van der Waals surface area contributed by atoms with Crippen molar-refractivity contribution < 1.29 is 14.3 Å². The molecule has 24 heavy (non-hydrogen) atoms. The van der Waals surface area contributed by atoms with E-state index < -0.39 is 0 Å². The van der Waals surface area contributed by atoms with E-state index in [4.69, 9.17) is 9.47 Å². The molecule has 3 rings (SSSR count). The molecule has 0 saturated heterocycles. The molecule has 0 atom stereocenters. The predicted molar refractivity (Wildman–Crippen MR) is 89.5 cm³/mol. The number of fused-ring (bicyclic) bond motifs is 1. The fourth-order valence-electron chi connectivity index (χ4n) is 3.18. The lowest BCUT2D eigenvalue weighted by atomic mass is 10.1. The number of hydrogen-bond acceptors (Lipinski definition) is 5. The molecular weight excluding hydrogens is 310 g/mol. The van der Waals surface area contributed by atoms with E-state index in [0.29, 0.717) is 22.3 Å². The molecular formula is C17H21N3O4. The Morgan fingerprint density at radius 2 is 2.04 bits per heavy atom. The molecule has 1 saturated carbocycles. The molecule has 7 heteroatoms. The number of carbonyl (C=O) groups excluding carboxylic acids is 1. The van der Waals surface area contributed by atoms with Crippen LogP contribution in [0.2, 0.25) is 0 Å². The maximum absolute atomic E-state index is 12.7. The third-order valence-electron chi connectivity index (χ3n) is 4.38. The van der Waals surface area contributed by atoms with Crippen molar-refractivity contribution >= 4 is 16.7 Å². The smallest absolute Gasteiger partial charge is 0.279 e. The van der Waals surface area contributed by atoms with Gasteiger partial charge in [-0.2, -0.15) is 5.10 Å². The molecule has 1 aliphatic carbocycles. The normalized spacial score (nSPS) is 14.8. The third-order valence-corrected chi connectivity index (χ3v) is 4.38. The quantitative estimate of drug-likeness (QED) is 0.897. The molecule has 0 spiro atoms. The maximum atomic E-state index is 12.7. The lowest BCUT2D eigenvalue weighted by Crippen LogP contribution is -2.38. The van der Waals surface area contributed by atoms with Crippen LogP contribution in [0.25, 0.3) is 10.8 Å². The van der Waals surface area contributed by atoms with Gasteiger partial charge in [-0.05, 0) is 25.0 Å². The molecule has 1 aliphatic rings. The Bertz CT molecular complexity index is 809. The number of nitrogens with zero attached hydrogens (tertiary/aromatic N) is 2. The molecule has 1 aromatic heterocycles. The Morgan fingerprint density at radius 1 is 1.29 bits per heavy atom. The zero-order chi connectivity index (χ0) is 17.1. The molecule has 1 fully saturated rings. The van der Waals surface area contributed by atoms with E-state index in [0.717, 1.165) is 30.4 Å². The summed E-state index contributed by atoms with van der Waals surface area (Å²) in [5, 5.41) is 8.06. The SMILES string of the molecule is COc1ccc2cnn(CC(=O)NC3CCCC3)c(=O)c2c1OC. The number of nitrogens with one attached hydrogen (secondary N) is 1. The molecule has 2 aromatic rings. The van der Waals surface area contributed by atoms with Gasteiger partial charge in [-0.15, -0.1) is 0 Å². The Balaban J connectivity index is 1.92. The summed E-state index contributed by atoms with van der Waals surface area (Å²) in [6.45, 7) is -0.106. The second-order valence-electron chi connectivity index (χ2n) is 5.92. The van der Waals surface area contributed by atoms with Crippen LogP contribution in [0.5, 0.6) is 11.5 Å². The number of rotatable bonds is 5. The van der Waals surface area contributed by atoms with Crippen molar-refractivity contribution in [3.05, 3.63) is 28.7 Å². The van der Waals surface area contributed by atoms with E-state index >= 15 is 0 Å². The summed E-state index contributed by atoms with van der Waals surface area (Å²) in [4.78, 5) is 24.9. The second kappa shape index (κ2) is 6.90. The standard InChI is InChI=1S/C17H21N3O4/c1-23-13-8-7-11-9-18-20(17(22)15(11)16(13)24-2)10-14(21)19-12-5-3-4-6-12/h7-9,12H,3-6,10H2,1-2H3,(H,19,21). The number of hydrogen-bond donors (Lipinski definition) is 1. The van der Waals surface area contributed by atoms with Crippen LogP contribution in [0.4, 0.5) is 0 Å². The van der Waals surface area contributed by atoms with E-state index in [-0.39, 0.29) is 24.1 Å². The van der Waals surface area contributed by atoms with Crippen molar-refractivity contribution in [3.8, 4) is 11.5 Å². The van der Waals surface area contributed by atoms with Gasteiger partial charge in [-0.3, -0.25) is 9.59 Å². The minimum absolute atomic E-state index is 0.106. The first-order chi connectivity index (χ1) is 11.6. The van der Waals surface area contributed by atoms with Gasteiger partial charge in [-0.1, -0.05) is 12.8 Å². The van der Waals surface area contributed by atoms with Crippen molar-refractivity contribution in [1.29, 1.82) is 0 Å². The highest BCUT2D eigenvalue weighted by Crippen LogP contribution is 2.32. The molecule has 1 aromatic carbocycles. The summed E-state index contributed by atoms with van der Waals surface area (Å²) in [6, 6.07) is 3.68. The minimum atomic E-state index is -0.371. The Hall–Kier alpha value is -2.57. The highest BCUT2D eigenvalue weighted by Gasteiger charge is 2.19. The van der Waals surface area contributed by atoms with E-state index in [1.807, 2.05) is 0 Å². The van der Waals surface area contributed by atoms with Gasteiger partial charge in [0.05, 0.1) is 25.8 Å². The topological polar surface area (TPSA) is 82.5 Å². The average Bonchev–Trinajstić information content (AvgIpc) is 3.09. The zero-order valence-corrected chi connectivity index (χ0v) is 13.9. The van der Waals surface area contributed by atoms with Gasteiger partial charge in [0.15, 0.2) is 11.5 Å². The molecule has 1 amide bonds. The monoisotopic (exact) mass is 331 g/mol. The maximum Gasteiger partial charge on any atom is 0.279 e. The summed E-state index contributed by atoms with van der Waals surface area (Å²) in [5.74, 6) is 0.625. The Morgan fingerprint density at radius 3 is 2.71 bits per heavy atom. The first-order valence-corrected chi connectivity index (χ1v) is 8.04. The highest BCUT2D eigenvalue weighted by molar-refractivity contribution is 5.89. The lowest BCUT2D eigenvalue weighted by molar-refractivity contribution is -0.122. The number of aromatic nitrogens is 2. The Kier molecular flexibility index (Phi) is 4.69. The van der Waals surface area contributed by atoms with Crippen molar-refractivity contribution in [2.75, 3.05) is 14.2 Å². The van der Waals surface area contributed by atoms with Gasteiger partial charge >= 0.3 is 0 Å². The number of benzene rings is 1. The molecule has 0 bridgehead atoms. The van der Waals surface area contributed by atoms with E-state index in [9.17, 15) is 9.59 Å². The summed E-state index contributed by atoms with van der Waals surface area (Å²) in [5.41, 5.74) is -0.371. The molecule has 128 valence electrons. The van der Waals surface area contributed by atoms with Gasteiger partial charge in [-0.25, -0.2) is 4.68 Å². The largest absolute Gasteiger partial charge is 0.493 e. The summed E-state index contributed by atoms with van der Waals surface area (Å²) >= 11 is 0. The molecule has 1 heterocycles. The van der Waals surface area contributed by atoms with Crippen molar-refractivity contribution in [3.63, 3.8) is 0 Å². The third kappa shape index (κ3) is 3.06. The van der Waals surface area contributed by atoms with Gasteiger partial charge in [0.2, 0.25) is 5.91 Å². The van der Waals surface area contributed by atoms with Crippen molar-refractivity contribution in [1.82, 2.24) is 15.1 Å². The average molecular weight is 331 g/mol. The van der Waals surface area contributed by atoms with Crippen LogP contribution >= 0.6 is 0 Å². The van der Waals surface area contributed by atoms with Crippen LogP contribution in [0.15, 0.2) is 23.1 Å². The van der Waals surface area contributed by atoms with Crippen molar-refractivity contribution in [2.24, 2.45) is 0 Å². The molecule has 1 N–H and O–H groups in total.